The van der Waals surface area contributed by atoms with Crippen molar-refractivity contribution < 1.29 is 9.50 Å². The largest absolute Gasteiger partial charge is 0.391 e. The average molecular weight is 494 g/mol. The van der Waals surface area contributed by atoms with Gasteiger partial charge in [-0.05, 0) is 37.8 Å². The maximum atomic E-state index is 14.9. The number of benzene rings is 1. The summed E-state index contributed by atoms with van der Waals surface area (Å²) < 4.78 is 16.7. The maximum absolute atomic E-state index is 14.9. The van der Waals surface area contributed by atoms with E-state index in [1.54, 1.807) is 16.8 Å². The Morgan fingerprint density at radius 2 is 2.11 bits per heavy atom. The van der Waals surface area contributed by atoms with E-state index in [4.69, 9.17) is 4.98 Å². The lowest BCUT2D eigenvalue weighted by Gasteiger charge is -2.28. The Bertz CT molecular complexity index is 1320. The standard InChI is InChI=1S/C25H28FN7OS/c26-20-9-16(25-28-7-8-35-25)3-4-17(20)11-30-23-10-22(29-12-18-5-6-27-14-21(18)34)32-24-19(15-1-2-15)13-31-33(23)24/h3-4,7-10,13,15,18,21,27,30,34H,1-2,5-6,11-12,14H2,(H,29,32)/t18-,21+/m1/s1. The molecule has 4 heterocycles. The second-order valence-electron chi connectivity index (χ2n) is 9.33. The van der Waals surface area contributed by atoms with Crippen molar-refractivity contribution in [3.8, 4) is 10.6 Å². The Morgan fingerprint density at radius 1 is 1.20 bits per heavy atom. The van der Waals surface area contributed by atoms with Gasteiger partial charge in [0.05, 0.1) is 12.3 Å². The maximum Gasteiger partial charge on any atom is 0.163 e. The molecule has 0 amide bonds. The van der Waals surface area contributed by atoms with Crippen LogP contribution in [0.25, 0.3) is 16.2 Å². The third-order valence-electron chi connectivity index (χ3n) is 6.84. The number of aliphatic hydroxyl groups is 1. The highest BCUT2D eigenvalue weighted by molar-refractivity contribution is 7.13. The number of nitrogens with one attached hydrogen (secondary N) is 3. The van der Waals surface area contributed by atoms with Gasteiger partial charge in [-0.25, -0.2) is 14.4 Å². The second-order valence-corrected chi connectivity index (χ2v) is 10.2. The molecule has 10 heteroatoms. The highest BCUT2D eigenvalue weighted by atomic mass is 32.1. The third-order valence-corrected chi connectivity index (χ3v) is 7.67. The first-order chi connectivity index (χ1) is 17.2. The van der Waals surface area contributed by atoms with Gasteiger partial charge in [-0.2, -0.15) is 9.61 Å². The molecular weight excluding hydrogens is 465 g/mol. The fourth-order valence-electron chi connectivity index (χ4n) is 4.62. The van der Waals surface area contributed by atoms with Gasteiger partial charge in [0.2, 0.25) is 0 Å². The third kappa shape index (κ3) is 4.73. The zero-order valence-electron chi connectivity index (χ0n) is 19.2. The van der Waals surface area contributed by atoms with Crippen molar-refractivity contribution in [1.29, 1.82) is 0 Å². The number of halogens is 1. The van der Waals surface area contributed by atoms with Gasteiger partial charge in [-0.15, -0.1) is 11.3 Å². The first-order valence-corrected chi connectivity index (χ1v) is 13.0. The fourth-order valence-corrected chi connectivity index (χ4v) is 5.26. The van der Waals surface area contributed by atoms with E-state index in [9.17, 15) is 9.50 Å². The molecular formula is C25H28FN7OS. The summed E-state index contributed by atoms with van der Waals surface area (Å²) in [4.78, 5) is 9.12. The van der Waals surface area contributed by atoms with Gasteiger partial charge in [0.25, 0.3) is 0 Å². The quantitative estimate of drug-likeness (QED) is 0.296. The van der Waals surface area contributed by atoms with Gasteiger partial charge >= 0.3 is 0 Å². The number of hydrogen-bond donors (Lipinski definition) is 4. The summed E-state index contributed by atoms with van der Waals surface area (Å²) in [6.07, 6.45) is 6.47. The lowest BCUT2D eigenvalue weighted by molar-refractivity contribution is 0.0883. The van der Waals surface area contributed by atoms with Crippen molar-refractivity contribution in [3.63, 3.8) is 0 Å². The lowest BCUT2D eigenvalue weighted by Crippen LogP contribution is -2.43. The second kappa shape index (κ2) is 9.52. The molecule has 2 atom stereocenters. The van der Waals surface area contributed by atoms with Crippen molar-refractivity contribution in [2.45, 2.75) is 37.8 Å². The highest BCUT2D eigenvalue weighted by Crippen LogP contribution is 2.42. The average Bonchev–Trinajstić information content (AvgIpc) is 3.38. The number of rotatable bonds is 8. The summed E-state index contributed by atoms with van der Waals surface area (Å²) in [5, 5.41) is 27.6. The van der Waals surface area contributed by atoms with Crippen molar-refractivity contribution in [2.75, 3.05) is 30.3 Å². The molecule has 3 aromatic heterocycles. The van der Waals surface area contributed by atoms with Crippen LogP contribution in [0.15, 0.2) is 42.0 Å². The molecule has 1 aromatic carbocycles. The molecule has 2 fully saturated rings. The summed E-state index contributed by atoms with van der Waals surface area (Å²) in [6.45, 7) is 2.48. The van der Waals surface area contributed by atoms with E-state index < -0.39 is 0 Å². The summed E-state index contributed by atoms with van der Waals surface area (Å²) in [5.74, 6) is 1.88. The predicted molar refractivity (Wildman–Crippen MR) is 135 cm³/mol. The van der Waals surface area contributed by atoms with Crippen LogP contribution < -0.4 is 16.0 Å². The van der Waals surface area contributed by atoms with Crippen LogP contribution in [0, 0.1) is 11.7 Å². The number of thiazole rings is 1. The number of anilines is 2. The number of fused-ring (bicyclic) bond motifs is 1. The fraction of sp³-hybridized carbons (Fsp3) is 0.400. The minimum atomic E-state index is -0.370. The van der Waals surface area contributed by atoms with E-state index in [0.717, 1.165) is 59.2 Å². The molecule has 0 unspecified atom stereocenters. The first-order valence-electron chi connectivity index (χ1n) is 12.1. The molecule has 0 radical (unpaired) electrons. The van der Waals surface area contributed by atoms with E-state index in [2.05, 4.69) is 26.0 Å². The van der Waals surface area contributed by atoms with Crippen molar-refractivity contribution >= 4 is 28.6 Å². The Kier molecular flexibility index (Phi) is 6.09. The predicted octanol–water partition coefficient (Wildman–Crippen LogP) is 3.86. The minimum absolute atomic E-state index is 0.170. The van der Waals surface area contributed by atoms with E-state index in [0.29, 0.717) is 31.1 Å². The van der Waals surface area contributed by atoms with Crippen molar-refractivity contribution in [1.82, 2.24) is 24.9 Å². The van der Waals surface area contributed by atoms with Crippen molar-refractivity contribution in [2.24, 2.45) is 5.92 Å². The molecule has 1 aliphatic heterocycles. The molecule has 0 bridgehead atoms. The van der Waals surface area contributed by atoms with E-state index in [-0.39, 0.29) is 17.8 Å². The molecule has 0 spiro atoms. The normalized spacial score (nSPS) is 20.3. The van der Waals surface area contributed by atoms with Crippen LogP contribution in [-0.4, -0.2) is 50.4 Å². The molecule has 4 aromatic rings. The molecule has 6 rings (SSSR count). The molecule has 182 valence electrons. The summed E-state index contributed by atoms with van der Waals surface area (Å²) in [5.41, 5.74) is 3.32. The molecule has 35 heavy (non-hydrogen) atoms. The Balaban J connectivity index is 1.24. The number of β-amino-alcohol motifs (C(OH)–C–C–N with tert-alkyl or cyclic N) is 1. The zero-order valence-corrected chi connectivity index (χ0v) is 20.1. The van der Waals surface area contributed by atoms with E-state index >= 15 is 0 Å². The van der Waals surface area contributed by atoms with Crippen LogP contribution >= 0.6 is 11.3 Å². The smallest absolute Gasteiger partial charge is 0.163 e. The van der Waals surface area contributed by atoms with Gasteiger partial charge in [0, 0.05) is 59.9 Å². The van der Waals surface area contributed by atoms with Crippen LogP contribution in [0.1, 0.15) is 36.3 Å². The first kappa shape index (κ1) is 22.4. The van der Waals surface area contributed by atoms with Gasteiger partial charge < -0.3 is 21.1 Å². The minimum Gasteiger partial charge on any atom is -0.391 e. The number of piperidine rings is 1. The summed E-state index contributed by atoms with van der Waals surface area (Å²) in [7, 11) is 0. The Labute approximate surface area is 206 Å². The number of aromatic nitrogens is 4. The number of nitrogens with zero attached hydrogens (tertiary/aromatic N) is 4. The van der Waals surface area contributed by atoms with Crippen LogP contribution in [0.2, 0.25) is 0 Å². The zero-order chi connectivity index (χ0) is 23.8. The van der Waals surface area contributed by atoms with Gasteiger partial charge in [0.15, 0.2) is 5.65 Å². The summed E-state index contributed by atoms with van der Waals surface area (Å²) in [6, 6.07) is 7.14. The molecule has 4 N–H and O–H groups in total. The van der Waals surface area contributed by atoms with Crippen LogP contribution in [0.4, 0.5) is 16.0 Å². The van der Waals surface area contributed by atoms with Gasteiger partial charge in [-0.1, -0.05) is 12.1 Å². The van der Waals surface area contributed by atoms with Crippen LogP contribution in [-0.2, 0) is 6.54 Å². The summed E-state index contributed by atoms with van der Waals surface area (Å²) >= 11 is 1.49. The number of aliphatic hydroxyl groups excluding tert-OH is 1. The lowest BCUT2D eigenvalue weighted by atomic mass is 9.95. The van der Waals surface area contributed by atoms with Crippen LogP contribution in [0.3, 0.4) is 0 Å². The Hall–Kier alpha value is -3.08. The highest BCUT2D eigenvalue weighted by Gasteiger charge is 2.28. The topological polar surface area (TPSA) is 99.4 Å². The SMILES string of the molecule is O[C@H]1CNCC[C@@H]1CNc1cc(NCc2ccc(-c3nccs3)cc2F)n2ncc(C3CC3)c2n1. The molecule has 8 nitrogen and oxygen atoms in total. The molecule has 2 aliphatic rings. The molecule has 1 aliphatic carbocycles. The van der Waals surface area contributed by atoms with Gasteiger partial charge in [-0.3, -0.25) is 0 Å². The monoisotopic (exact) mass is 493 g/mol. The number of hydrogen-bond acceptors (Lipinski definition) is 8. The van der Waals surface area contributed by atoms with Gasteiger partial charge in [0.1, 0.15) is 22.5 Å². The van der Waals surface area contributed by atoms with Crippen molar-refractivity contribution in [3.05, 3.63) is 59.0 Å². The molecule has 1 saturated heterocycles. The Morgan fingerprint density at radius 3 is 2.89 bits per heavy atom. The van der Waals surface area contributed by atoms with E-state index in [1.165, 1.54) is 17.4 Å². The van der Waals surface area contributed by atoms with Crippen LogP contribution in [0.5, 0.6) is 0 Å². The molecule has 1 saturated carbocycles. The van der Waals surface area contributed by atoms with E-state index in [1.807, 2.05) is 23.7 Å².